The molecule has 0 aliphatic rings. The van der Waals surface area contributed by atoms with E-state index in [0.717, 1.165) is 12.1 Å². The van der Waals surface area contributed by atoms with Crippen LogP contribution in [-0.2, 0) is 6.18 Å². The molecule has 8 heteroatoms. The Balaban J connectivity index is 0.00000484. The third-order valence-electron chi connectivity index (χ3n) is 3.54. The molecule has 1 aromatic carbocycles. The van der Waals surface area contributed by atoms with E-state index in [9.17, 15) is 22.4 Å². The zero-order valence-corrected chi connectivity index (χ0v) is 14.0. The molecule has 0 spiro atoms. The van der Waals surface area contributed by atoms with Crippen molar-refractivity contribution >= 4 is 18.3 Å². The third-order valence-corrected chi connectivity index (χ3v) is 3.54. The van der Waals surface area contributed by atoms with E-state index >= 15 is 0 Å². The summed E-state index contributed by atoms with van der Waals surface area (Å²) in [6.45, 7) is 4.10. The number of rotatable bonds is 5. The van der Waals surface area contributed by atoms with E-state index in [2.05, 4.69) is 0 Å². The van der Waals surface area contributed by atoms with E-state index in [0.29, 0.717) is 12.5 Å². The molecule has 1 rings (SSSR count). The summed E-state index contributed by atoms with van der Waals surface area (Å²) in [5, 5.41) is 0. The van der Waals surface area contributed by atoms with Crippen molar-refractivity contribution in [3.8, 4) is 0 Å². The average Bonchev–Trinajstić information content (AvgIpc) is 2.42. The maximum atomic E-state index is 13.9. The highest BCUT2D eigenvalue weighted by Crippen LogP contribution is 2.32. The Morgan fingerprint density at radius 3 is 2.35 bits per heavy atom. The van der Waals surface area contributed by atoms with Gasteiger partial charge in [-0.1, -0.05) is 19.9 Å². The number of carbonyl (C=O) groups excluding carboxylic acids is 1. The molecule has 0 fully saturated rings. The van der Waals surface area contributed by atoms with E-state index in [4.69, 9.17) is 5.73 Å². The van der Waals surface area contributed by atoms with Gasteiger partial charge in [0.2, 0.25) is 0 Å². The van der Waals surface area contributed by atoms with Gasteiger partial charge in [-0.25, -0.2) is 4.39 Å². The van der Waals surface area contributed by atoms with E-state index in [1.165, 1.54) is 11.9 Å². The Hall–Kier alpha value is -1.34. The molecule has 1 aromatic rings. The molecule has 0 bridgehead atoms. The number of benzene rings is 1. The summed E-state index contributed by atoms with van der Waals surface area (Å²) in [6.07, 6.45) is -4.35. The first-order valence-electron chi connectivity index (χ1n) is 6.92. The van der Waals surface area contributed by atoms with Crippen LogP contribution in [0.25, 0.3) is 0 Å². The first-order chi connectivity index (χ1) is 10.1. The first kappa shape index (κ1) is 21.7. The molecule has 23 heavy (non-hydrogen) atoms. The minimum atomic E-state index is -4.83. The molecule has 0 saturated carbocycles. The first-order valence-corrected chi connectivity index (χ1v) is 6.92. The molecule has 0 saturated heterocycles. The number of carbonyl (C=O) groups is 1. The van der Waals surface area contributed by atoms with Crippen molar-refractivity contribution in [1.82, 2.24) is 4.90 Å². The van der Waals surface area contributed by atoms with Crippen LogP contribution in [0.4, 0.5) is 17.6 Å². The highest BCUT2D eigenvalue weighted by atomic mass is 35.5. The maximum Gasteiger partial charge on any atom is 0.419 e. The molecule has 2 N–H and O–H groups in total. The second-order valence-corrected chi connectivity index (χ2v) is 5.59. The maximum absolute atomic E-state index is 13.9. The molecule has 3 nitrogen and oxygen atoms in total. The van der Waals surface area contributed by atoms with Gasteiger partial charge >= 0.3 is 6.18 Å². The third kappa shape index (κ3) is 5.66. The van der Waals surface area contributed by atoms with Gasteiger partial charge < -0.3 is 10.6 Å². The predicted molar refractivity (Wildman–Crippen MR) is 83.0 cm³/mol. The highest BCUT2D eigenvalue weighted by Gasteiger charge is 2.36. The molecule has 132 valence electrons. The van der Waals surface area contributed by atoms with Crippen LogP contribution in [0.15, 0.2) is 18.2 Å². The predicted octanol–water partition coefficient (Wildman–Crippen LogP) is 3.71. The number of nitrogens with two attached hydrogens (primary N) is 1. The van der Waals surface area contributed by atoms with Gasteiger partial charge in [0.15, 0.2) is 0 Å². The van der Waals surface area contributed by atoms with E-state index < -0.39 is 29.0 Å². The Morgan fingerprint density at radius 1 is 1.30 bits per heavy atom. The molecular formula is C15H21ClF4N2O. The van der Waals surface area contributed by atoms with Gasteiger partial charge in [0.25, 0.3) is 5.91 Å². The smallest absolute Gasteiger partial charge is 0.342 e. The average molecular weight is 357 g/mol. The minimum Gasteiger partial charge on any atom is -0.342 e. The second kappa shape index (κ2) is 8.49. The van der Waals surface area contributed by atoms with Crippen molar-refractivity contribution in [3.05, 3.63) is 35.1 Å². The molecule has 1 atom stereocenters. The summed E-state index contributed by atoms with van der Waals surface area (Å²) in [5.74, 6) is -2.12. The van der Waals surface area contributed by atoms with Crippen LogP contribution in [0.1, 0.15) is 36.2 Å². The molecular weight excluding hydrogens is 336 g/mol. The van der Waals surface area contributed by atoms with Gasteiger partial charge in [0.05, 0.1) is 11.1 Å². The van der Waals surface area contributed by atoms with Gasteiger partial charge in [-0.3, -0.25) is 4.79 Å². The minimum absolute atomic E-state index is 0. The second-order valence-electron chi connectivity index (χ2n) is 5.59. The van der Waals surface area contributed by atoms with Gasteiger partial charge in [0, 0.05) is 19.6 Å². The number of nitrogens with zero attached hydrogens (tertiary/aromatic N) is 1. The Bertz CT molecular complexity index is 535. The quantitative estimate of drug-likeness (QED) is 0.817. The van der Waals surface area contributed by atoms with Crippen LogP contribution in [0.5, 0.6) is 0 Å². The Labute approximate surface area is 139 Å². The van der Waals surface area contributed by atoms with Crippen LogP contribution in [0.3, 0.4) is 0 Å². The van der Waals surface area contributed by atoms with Gasteiger partial charge in [-0.2, -0.15) is 13.2 Å². The largest absolute Gasteiger partial charge is 0.419 e. The van der Waals surface area contributed by atoms with Crippen LogP contribution in [0.2, 0.25) is 0 Å². The number of hydrogen-bond donors (Lipinski definition) is 1. The van der Waals surface area contributed by atoms with Gasteiger partial charge in [0.1, 0.15) is 5.82 Å². The van der Waals surface area contributed by atoms with Crippen molar-refractivity contribution < 1.29 is 22.4 Å². The summed E-state index contributed by atoms with van der Waals surface area (Å²) in [6, 6.07) is 2.54. The zero-order chi connectivity index (χ0) is 17.1. The number of amides is 1. The van der Waals surface area contributed by atoms with Crippen molar-refractivity contribution in [2.45, 2.75) is 32.5 Å². The Kier molecular flexibility index (Phi) is 8.00. The summed E-state index contributed by atoms with van der Waals surface area (Å²) in [5.41, 5.74) is 3.83. The SMILES string of the molecule is CC(C)C(N)CCN(C)C(=O)c1cccc(C(F)(F)F)c1F.Cl. The number of alkyl halides is 3. The summed E-state index contributed by atoms with van der Waals surface area (Å²) in [4.78, 5) is 13.3. The van der Waals surface area contributed by atoms with Crippen molar-refractivity contribution in [1.29, 1.82) is 0 Å². The topological polar surface area (TPSA) is 46.3 Å². The van der Waals surface area contributed by atoms with Crippen LogP contribution in [-0.4, -0.2) is 30.4 Å². The van der Waals surface area contributed by atoms with E-state index in [-0.39, 0.29) is 30.9 Å². The molecule has 0 aliphatic carbocycles. The molecule has 0 aliphatic heterocycles. The van der Waals surface area contributed by atoms with Crippen LogP contribution < -0.4 is 5.73 Å². The van der Waals surface area contributed by atoms with E-state index in [1.807, 2.05) is 13.8 Å². The zero-order valence-electron chi connectivity index (χ0n) is 13.2. The van der Waals surface area contributed by atoms with Crippen molar-refractivity contribution in [2.24, 2.45) is 11.7 Å². The summed E-state index contributed by atoms with van der Waals surface area (Å²) in [7, 11) is 1.41. The fourth-order valence-electron chi connectivity index (χ4n) is 1.90. The standard InChI is InChI=1S/C15H20F4N2O.ClH/c1-9(2)12(20)7-8-21(3)14(22)10-5-4-6-11(13(10)16)15(17,18)19;/h4-6,9,12H,7-8,20H2,1-3H3;1H. The van der Waals surface area contributed by atoms with Crippen LogP contribution >= 0.6 is 12.4 Å². The highest BCUT2D eigenvalue weighted by molar-refractivity contribution is 5.94. The molecule has 1 amide bonds. The van der Waals surface area contributed by atoms with E-state index in [1.54, 1.807) is 0 Å². The summed E-state index contributed by atoms with van der Waals surface area (Å²) >= 11 is 0. The van der Waals surface area contributed by atoms with Gasteiger partial charge in [-0.05, 0) is 24.5 Å². The number of halogens is 5. The molecule has 0 radical (unpaired) electrons. The molecule has 0 heterocycles. The van der Waals surface area contributed by atoms with Crippen LogP contribution in [0, 0.1) is 11.7 Å². The number of hydrogen-bond acceptors (Lipinski definition) is 2. The fourth-order valence-corrected chi connectivity index (χ4v) is 1.90. The Morgan fingerprint density at radius 2 is 1.87 bits per heavy atom. The monoisotopic (exact) mass is 356 g/mol. The van der Waals surface area contributed by atoms with Crippen molar-refractivity contribution in [3.63, 3.8) is 0 Å². The fraction of sp³-hybridized carbons (Fsp3) is 0.533. The van der Waals surface area contributed by atoms with Crippen molar-refractivity contribution in [2.75, 3.05) is 13.6 Å². The lowest BCUT2D eigenvalue weighted by Crippen LogP contribution is -2.35. The summed E-state index contributed by atoms with van der Waals surface area (Å²) < 4.78 is 51.9. The lowest BCUT2D eigenvalue weighted by atomic mass is 10.0. The normalized spacial score (nSPS) is 12.7. The molecule has 0 aromatic heterocycles. The van der Waals surface area contributed by atoms with Gasteiger partial charge in [-0.15, -0.1) is 12.4 Å². The molecule has 1 unspecified atom stereocenters. The lowest BCUT2D eigenvalue weighted by Gasteiger charge is -2.22. The lowest BCUT2D eigenvalue weighted by molar-refractivity contribution is -0.140.